The molecule has 0 aliphatic heterocycles. The first-order valence-electron chi connectivity index (χ1n) is 6.63. The number of hydrogen-bond donors (Lipinski definition) is 0. The van der Waals surface area contributed by atoms with Gasteiger partial charge in [0.25, 0.3) is 5.17 Å². The Morgan fingerprint density at radius 3 is 2.86 bits per heavy atom. The van der Waals surface area contributed by atoms with E-state index in [2.05, 4.69) is 0 Å². The highest BCUT2D eigenvalue weighted by Gasteiger charge is 2.09. The van der Waals surface area contributed by atoms with Crippen LogP contribution in [0.2, 0.25) is 0 Å². The lowest BCUT2D eigenvalue weighted by molar-refractivity contribution is 0.255. The Labute approximate surface area is 132 Å². The van der Waals surface area contributed by atoms with Gasteiger partial charge in [0.05, 0.1) is 23.4 Å². The van der Waals surface area contributed by atoms with Crippen molar-refractivity contribution in [2.45, 2.75) is 13.5 Å². The Kier molecular flexibility index (Phi) is 5.19. The van der Waals surface area contributed by atoms with Gasteiger partial charge in [0.1, 0.15) is 12.4 Å². The SMILES string of the molecule is CCOc1ccc2c(c1)sc(=O)n2CCOC(=S)N(C)C. The van der Waals surface area contributed by atoms with Crippen molar-refractivity contribution in [3.05, 3.63) is 27.9 Å². The number of thiocarbonyl (C=S) groups is 1. The van der Waals surface area contributed by atoms with Crippen LogP contribution in [0.3, 0.4) is 0 Å². The van der Waals surface area contributed by atoms with E-state index in [-0.39, 0.29) is 4.87 Å². The number of thiazole rings is 1. The van der Waals surface area contributed by atoms with Crippen LogP contribution in [0.4, 0.5) is 0 Å². The summed E-state index contributed by atoms with van der Waals surface area (Å²) in [4.78, 5) is 13.8. The average Bonchev–Trinajstić information content (AvgIpc) is 2.74. The maximum absolute atomic E-state index is 12.1. The minimum absolute atomic E-state index is 0.00183. The Morgan fingerprint density at radius 1 is 1.43 bits per heavy atom. The smallest absolute Gasteiger partial charge is 0.308 e. The summed E-state index contributed by atoms with van der Waals surface area (Å²) in [5.74, 6) is 0.781. The van der Waals surface area contributed by atoms with Gasteiger partial charge in [-0.2, -0.15) is 0 Å². The van der Waals surface area contributed by atoms with Crippen molar-refractivity contribution in [1.82, 2.24) is 9.47 Å². The van der Waals surface area contributed by atoms with Gasteiger partial charge < -0.3 is 14.4 Å². The van der Waals surface area contributed by atoms with Crippen LogP contribution in [0.15, 0.2) is 23.0 Å². The zero-order valence-corrected chi connectivity index (χ0v) is 13.9. The molecule has 0 aliphatic rings. The van der Waals surface area contributed by atoms with Gasteiger partial charge in [0, 0.05) is 14.1 Å². The topological polar surface area (TPSA) is 43.7 Å². The largest absolute Gasteiger partial charge is 0.494 e. The van der Waals surface area contributed by atoms with Crippen LogP contribution in [0.5, 0.6) is 5.75 Å². The molecular formula is C14H18N2O3S2. The molecule has 1 aromatic carbocycles. The summed E-state index contributed by atoms with van der Waals surface area (Å²) in [6.45, 7) is 3.39. The van der Waals surface area contributed by atoms with Crippen LogP contribution in [-0.2, 0) is 11.3 Å². The first-order chi connectivity index (χ1) is 10.0. The number of rotatable bonds is 5. The normalized spacial score (nSPS) is 10.6. The number of ether oxygens (including phenoxy) is 2. The van der Waals surface area contributed by atoms with Crippen LogP contribution >= 0.6 is 23.6 Å². The van der Waals surface area contributed by atoms with E-state index in [9.17, 15) is 4.79 Å². The first-order valence-corrected chi connectivity index (χ1v) is 7.85. The van der Waals surface area contributed by atoms with E-state index in [0.717, 1.165) is 16.0 Å². The molecule has 0 radical (unpaired) electrons. The second-order valence-electron chi connectivity index (χ2n) is 4.59. The number of fused-ring (bicyclic) bond motifs is 1. The molecular weight excluding hydrogens is 308 g/mol. The van der Waals surface area contributed by atoms with Gasteiger partial charge in [0.2, 0.25) is 0 Å². The molecule has 0 saturated heterocycles. The molecule has 0 N–H and O–H groups in total. The molecule has 0 aliphatic carbocycles. The Morgan fingerprint density at radius 2 is 2.19 bits per heavy atom. The van der Waals surface area contributed by atoms with Gasteiger partial charge in [-0.3, -0.25) is 9.36 Å². The predicted molar refractivity (Wildman–Crippen MR) is 89.5 cm³/mol. The van der Waals surface area contributed by atoms with E-state index in [1.54, 1.807) is 9.47 Å². The number of benzene rings is 1. The lowest BCUT2D eigenvalue weighted by atomic mass is 10.3. The standard InChI is InChI=1S/C14H18N2O3S2/c1-4-18-10-5-6-11-12(9-10)21-13(17)16(11)7-8-19-14(20)15(2)3/h5-6,9H,4,7-8H2,1-3H3. The lowest BCUT2D eigenvalue weighted by Gasteiger charge is -2.14. The summed E-state index contributed by atoms with van der Waals surface area (Å²) < 4.78 is 13.5. The highest BCUT2D eigenvalue weighted by Crippen LogP contribution is 2.23. The maximum atomic E-state index is 12.1. The highest BCUT2D eigenvalue weighted by atomic mass is 32.1. The minimum atomic E-state index is -0.00183. The van der Waals surface area contributed by atoms with Crippen LogP contribution in [-0.4, -0.2) is 42.0 Å². The van der Waals surface area contributed by atoms with Gasteiger partial charge in [0.15, 0.2) is 0 Å². The number of aromatic nitrogens is 1. The summed E-state index contributed by atoms with van der Waals surface area (Å²) >= 11 is 6.26. The van der Waals surface area contributed by atoms with Gasteiger partial charge in [-0.15, -0.1) is 0 Å². The third-order valence-electron chi connectivity index (χ3n) is 2.86. The molecule has 0 saturated carbocycles. The fraction of sp³-hybridized carbons (Fsp3) is 0.429. The van der Waals surface area contributed by atoms with E-state index in [1.807, 2.05) is 39.2 Å². The van der Waals surface area contributed by atoms with Gasteiger partial charge >= 0.3 is 4.87 Å². The van der Waals surface area contributed by atoms with Crippen molar-refractivity contribution < 1.29 is 9.47 Å². The van der Waals surface area contributed by atoms with E-state index in [4.69, 9.17) is 21.7 Å². The van der Waals surface area contributed by atoms with Crippen molar-refractivity contribution in [2.24, 2.45) is 0 Å². The fourth-order valence-electron chi connectivity index (χ4n) is 1.87. The van der Waals surface area contributed by atoms with Crippen molar-refractivity contribution in [2.75, 3.05) is 27.3 Å². The average molecular weight is 326 g/mol. The second-order valence-corrected chi connectivity index (χ2v) is 5.93. The number of nitrogens with zero attached hydrogens (tertiary/aromatic N) is 2. The third kappa shape index (κ3) is 3.74. The summed E-state index contributed by atoms with van der Waals surface area (Å²) in [6, 6.07) is 5.68. The van der Waals surface area contributed by atoms with E-state index >= 15 is 0 Å². The lowest BCUT2D eigenvalue weighted by Crippen LogP contribution is -2.25. The second kappa shape index (κ2) is 6.91. The van der Waals surface area contributed by atoms with Crippen LogP contribution < -0.4 is 9.61 Å². The van der Waals surface area contributed by atoms with Crippen molar-refractivity contribution in [3.8, 4) is 5.75 Å². The first kappa shape index (κ1) is 15.8. The zero-order chi connectivity index (χ0) is 15.4. The van der Waals surface area contributed by atoms with Crippen molar-refractivity contribution in [3.63, 3.8) is 0 Å². The molecule has 2 aromatic rings. The fourth-order valence-corrected chi connectivity index (χ4v) is 2.90. The molecule has 21 heavy (non-hydrogen) atoms. The molecule has 114 valence electrons. The zero-order valence-electron chi connectivity index (χ0n) is 12.3. The molecule has 0 atom stereocenters. The molecule has 0 unspecified atom stereocenters. The molecule has 2 rings (SSSR count). The monoisotopic (exact) mass is 326 g/mol. The van der Waals surface area contributed by atoms with Gasteiger partial charge in [-0.05, 0) is 37.3 Å². The molecule has 0 bridgehead atoms. The molecule has 1 aromatic heterocycles. The minimum Gasteiger partial charge on any atom is -0.494 e. The van der Waals surface area contributed by atoms with Crippen LogP contribution in [0.1, 0.15) is 6.92 Å². The Bertz CT molecular complexity index is 691. The van der Waals surface area contributed by atoms with Crippen LogP contribution in [0.25, 0.3) is 10.2 Å². The summed E-state index contributed by atoms with van der Waals surface area (Å²) in [7, 11) is 3.65. The van der Waals surface area contributed by atoms with Gasteiger partial charge in [-0.1, -0.05) is 11.3 Å². The Hall–Kier alpha value is -1.60. The highest BCUT2D eigenvalue weighted by molar-refractivity contribution is 7.80. The summed E-state index contributed by atoms with van der Waals surface area (Å²) in [6.07, 6.45) is 0. The van der Waals surface area contributed by atoms with Gasteiger partial charge in [-0.25, -0.2) is 0 Å². The Balaban J connectivity index is 2.14. The van der Waals surface area contributed by atoms with Crippen LogP contribution in [0, 0.1) is 0 Å². The van der Waals surface area contributed by atoms with E-state index in [1.165, 1.54) is 11.3 Å². The molecule has 0 fully saturated rings. The predicted octanol–water partition coefficient (Wildman–Crippen LogP) is 2.32. The van der Waals surface area contributed by atoms with E-state index < -0.39 is 0 Å². The molecule has 7 heteroatoms. The number of hydrogen-bond acceptors (Lipinski definition) is 5. The van der Waals surface area contributed by atoms with E-state index in [0.29, 0.717) is 24.9 Å². The van der Waals surface area contributed by atoms with Crippen molar-refractivity contribution >= 4 is 38.9 Å². The molecule has 1 heterocycles. The quantitative estimate of drug-likeness (QED) is 0.789. The summed E-state index contributed by atoms with van der Waals surface area (Å²) in [5, 5.41) is 0.418. The van der Waals surface area contributed by atoms with Crippen molar-refractivity contribution in [1.29, 1.82) is 0 Å². The summed E-state index contributed by atoms with van der Waals surface area (Å²) in [5.41, 5.74) is 0.896. The molecule has 5 nitrogen and oxygen atoms in total. The maximum Gasteiger partial charge on any atom is 0.308 e. The molecule has 0 amide bonds. The molecule has 0 spiro atoms. The third-order valence-corrected chi connectivity index (χ3v) is 4.28.